The van der Waals surface area contributed by atoms with Gasteiger partial charge in [-0.05, 0) is 24.1 Å². The Kier molecular flexibility index (Phi) is 3.28. The normalized spacial score (nSPS) is 11.0. The first kappa shape index (κ1) is 13.3. The molecule has 22 heavy (non-hydrogen) atoms. The van der Waals surface area contributed by atoms with E-state index in [4.69, 9.17) is 0 Å². The molecule has 0 N–H and O–H groups in total. The summed E-state index contributed by atoms with van der Waals surface area (Å²) in [7, 11) is 0. The third-order valence-electron chi connectivity index (χ3n) is 3.97. The molecule has 1 aromatic heterocycles. The Morgan fingerprint density at radius 2 is 1.32 bits per heavy atom. The zero-order valence-electron chi connectivity index (χ0n) is 12.4. The topological polar surface area (TPSA) is 0 Å². The van der Waals surface area contributed by atoms with E-state index in [0.29, 0.717) is 0 Å². The second-order valence-corrected chi connectivity index (χ2v) is 6.59. The predicted molar refractivity (Wildman–Crippen MR) is 97.4 cm³/mol. The summed E-state index contributed by atoms with van der Waals surface area (Å²) in [5.74, 6) is 0. The SMILES string of the molecule is Cc1ccc(-c2sc3ccccc3c2-c2ccccc2)cc1. The second-order valence-electron chi connectivity index (χ2n) is 5.53. The van der Waals surface area contributed by atoms with Gasteiger partial charge in [0.2, 0.25) is 0 Å². The van der Waals surface area contributed by atoms with Crippen LogP contribution in [0.25, 0.3) is 31.7 Å². The van der Waals surface area contributed by atoms with Crippen molar-refractivity contribution in [1.82, 2.24) is 0 Å². The molecule has 0 radical (unpaired) electrons. The molecule has 4 aromatic rings. The molecule has 0 spiro atoms. The van der Waals surface area contributed by atoms with Gasteiger partial charge in [0, 0.05) is 20.5 Å². The van der Waals surface area contributed by atoms with Crippen LogP contribution in [0.15, 0.2) is 78.9 Å². The summed E-state index contributed by atoms with van der Waals surface area (Å²) in [6, 6.07) is 28.2. The van der Waals surface area contributed by atoms with Gasteiger partial charge in [-0.3, -0.25) is 0 Å². The number of hydrogen-bond donors (Lipinski definition) is 0. The van der Waals surface area contributed by atoms with Gasteiger partial charge >= 0.3 is 0 Å². The van der Waals surface area contributed by atoms with E-state index < -0.39 is 0 Å². The molecule has 0 aliphatic heterocycles. The zero-order valence-corrected chi connectivity index (χ0v) is 13.2. The van der Waals surface area contributed by atoms with E-state index in [9.17, 15) is 0 Å². The van der Waals surface area contributed by atoms with Crippen molar-refractivity contribution in [2.45, 2.75) is 6.92 Å². The summed E-state index contributed by atoms with van der Waals surface area (Å²) >= 11 is 1.88. The third kappa shape index (κ3) is 2.24. The summed E-state index contributed by atoms with van der Waals surface area (Å²) in [6.07, 6.45) is 0. The van der Waals surface area contributed by atoms with Crippen LogP contribution >= 0.6 is 11.3 Å². The van der Waals surface area contributed by atoms with Crippen molar-refractivity contribution in [3.05, 3.63) is 84.4 Å². The fraction of sp³-hybridized carbons (Fsp3) is 0.0476. The molecule has 0 fully saturated rings. The Bertz CT molecular complexity index is 915. The molecule has 0 bridgehead atoms. The molecule has 0 aliphatic rings. The second kappa shape index (κ2) is 5.43. The highest BCUT2D eigenvalue weighted by Crippen LogP contribution is 2.44. The quantitative estimate of drug-likeness (QED) is 0.394. The van der Waals surface area contributed by atoms with Crippen molar-refractivity contribution in [1.29, 1.82) is 0 Å². The van der Waals surface area contributed by atoms with Gasteiger partial charge in [-0.1, -0.05) is 78.4 Å². The van der Waals surface area contributed by atoms with Gasteiger partial charge in [0.05, 0.1) is 0 Å². The van der Waals surface area contributed by atoms with E-state index in [2.05, 4.69) is 85.8 Å². The third-order valence-corrected chi connectivity index (χ3v) is 5.19. The van der Waals surface area contributed by atoms with Crippen LogP contribution in [-0.2, 0) is 0 Å². The van der Waals surface area contributed by atoms with Gasteiger partial charge in [-0.2, -0.15) is 0 Å². The van der Waals surface area contributed by atoms with Crippen LogP contribution in [0.5, 0.6) is 0 Å². The number of rotatable bonds is 2. The lowest BCUT2D eigenvalue weighted by Gasteiger charge is -2.06. The Balaban J connectivity index is 2.04. The van der Waals surface area contributed by atoms with Crippen LogP contribution in [-0.4, -0.2) is 0 Å². The van der Waals surface area contributed by atoms with Crippen LogP contribution < -0.4 is 0 Å². The number of benzene rings is 3. The van der Waals surface area contributed by atoms with E-state index >= 15 is 0 Å². The summed E-state index contributed by atoms with van der Waals surface area (Å²) in [6.45, 7) is 2.13. The maximum absolute atomic E-state index is 2.23. The van der Waals surface area contributed by atoms with Crippen molar-refractivity contribution in [3.63, 3.8) is 0 Å². The predicted octanol–water partition coefficient (Wildman–Crippen LogP) is 6.54. The Morgan fingerprint density at radius 3 is 2.09 bits per heavy atom. The lowest BCUT2D eigenvalue weighted by molar-refractivity contribution is 1.48. The largest absolute Gasteiger partial charge is 0.135 e. The first-order valence-corrected chi connectivity index (χ1v) is 8.28. The van der Waals surface area contributed by atoms with Crippen molar-refractivity contribution in [3.8, 4) is 21.6 Å². The number of aryl methyl sites for hydroxylation is 1. The van der Waals surface area contributed by atoms with E-state index in [1.54, 1.807) is 0 Å². The maximum Gasteiger partial charge on any atom is 0.0433 e. The summed E-state index contributed by atoms with van der Waals surface area (Å²) < 4.78 is 1.34. The first-order valence-electron chi connectivity index (χ1n) is 7.47. The lowest BCUT2D eigenvalue weighted by atomic mass is 9.98. The molecule has 1 heteroatoms. The van der Waals surface area contributed by atoms with Gasteiger partial charge in [0.15, 0.2) is 0 Å². The number of fused-ring (bicyclic) bond motifs is 1. The molecule has 0 aliphatic carbocycles. The van der Waals surface area contributed by atoms with Gasteiger partial charge < -0.3 is 0 Å². The molecular formula is C21H16S. The van der Waals surface area contributed by atoms with Crippen molar-refractivity contribution < 1.29 is 0 Å². The maximum atomic E-state index is 2.23. The minimum absolute atomic E-state index is 1.29. The fourth-order valence-electron chi connectivity index (χ4n) is 2.85. The van der Waals surface area contributed by atoms with Gasteiger partial charge in [0.25, 0.3) is 0 Å². The average Bonchev–Trinajstić information content (AvgIpc) is 2.96. The Morgan fingerprint density at radius 1 is 0.636 bits per heavy atom. The molecular weight excluding hydrogens is 284 g/mol. The summed E-state index contributed by atoms with van der Waals surface area (Å²) in [4.78, 5) is 1.35. The molecule has 1 heterocycles. The lowest BCUT2D eigenvalue weighted by Crippen LogP contribution is -1.80. The highest BCUT2D eigenvalue weighted by Gasteiger charge is 2.14. The highest BCUT2D eigenvalue weighted by atomic mass is 32.1. The highest BCUT2D eigenvalue weighted by molar-refractivity contribution is 7.23. The molecule has 0 saturated heterocycles. The van der Waals surface area contributed by atoms with Crippen molar-refractivity contribution in [2.24, 2.45) is 0 Å². The standard InChI is InChI=1S/C21H16S/c1-15-11-13-17(14-12-15)21-20(16-7-3-2-4-8-16)18-9-5-6-10-19(18)22-21/h2-14H,1H3. The molecule has 0 amide bonds. The van der Waals surface area contributed by atoms with E-state index in [-0.39, 0.29) is 0 Å². The van der Waals surface area contributed by atoms with Crippen LogP contribution in [0.3, 0.4) is 0 Å². The number of hydrogen-bond acceptors (Lipinski definition) is 1. The van der Waals surface area contributed by atoms with E-state index in [1.165, 1.54) is 37.2 Å². The molecule has 0 unspecified atom stereocenters. The van der Waals surface area contributed by atoms with Crippen molar-refractivity contribution >= 4 is 21.4 Å². The minimum Gasteiger partial charge on any atom is -0.135 e. The monoisotopic (exact) mass is 300 g/mol. The number of thiophene rings is 1. The fourth-order valence-corrected chi connectivity index (χ4v) is 4.08. The summed E-state index contributed by atoms with van der Waals surface area (Å²) in [5.41, 5.74) is 5.23. The Hall–Kier alpha value is -2.38. The Labute approximate surface area is 134 Å². The first-order chi connectivity index (χ1) is 10.8. The van der Waals surface area contributed by atoms with Crippen LogP contribution in [0.1, 0.15) is 5.56 Å². The van der Waals surface area contributed by atoms with Gasteiger partial charge in [0.1, 0.15) is 0 Å². The smallest absolute Gasteiger partial charge is 0.0433 e. The van der Waals surface area contributed by atoms with Crippen LogP contribution in [0.2, 0.25) is 0 Å². The summed E-state index contributed by atoms with van der Waals surface area (Å²) in [5, 5.41) is 1.34. The molecule has 0 atom stereocenters. The molecule has 4 rings (SSSR count). The zero-order chi connectivity index (χ0) is 14.9. The van der Waals surface area contributed by atoms with E-state index in [0.717, 1.165) is 0 Å². The van der Waals surface area contributed by atoms with Crippen LogP contribution in [0, 0.1) is 6.92 Å². The van der Waals surface area contributed by atoms with Gasteiger partial charge in [-0.25, -0.2) is 0 Å². The molecule has 0 saturated carbocycles. The molecule has 3 aromatic carbocycles. The molecule has 106 valence electrons. The molecule has 0 nitrogen and oxygen atoms in total. The van der Waals surface area contributed by atoms with E-state index in [1.807, 2.05) is 11.3 Å². The van der Waals surface area contributed by atoms with Crippen molar-refractivity contribution in [2.75, 3.05) is 0 Å². The average molecular weight is 300 g/mol. The van der Waals surface area contributed by atoms with Gasteiger partial charge in [-0.15, -0.1) is 11.3 Å². The van der Waals surface area contributed by atoms with Crippen LogP contribution in [0.4, 0.5) is 0 Å². The minimum atomic E-state index is 1.29.